The third-order valence-corrected chi connectivity index (χ3v) is 5.07. The van der Waals surface area contributed by atoms with Crippen LogP contribution in [0.3, 0.4) is 0 Å². The molecule has 3 aromatic heterocycles. The molecule has 4 aromatic rings. The fraction of sp³-hybridized carbons (Fsp3) is 0.176. The monoisotopic (exact) mass is 386 g/mol. The average Bonchev–Trinajstić information content (AvgIpc) is 3.31. The molecule has 0 aliphatic heterocycles. The van der Waals surface area contributed by atoms with Gasteiger partial charge in [-0.1, -0.05) is 29.8 Å². The number of carbonyl (C=O) groups excluding carboxylic acids is 1. The maximum absolute atomic E-state index is 12.6. The fourth-order valence-electron chi connectivity index (χ4n) is 2.70. The van der Waals surface area contributed by atoms with Crippen LogP contribution in [-0.4, -0.2) is 36.1 Å². The summed E-state index contributed by atoms with van der Waals surface area (Å²) >= 11 is 7.67. The predicted octanol–water partition coefficient (Wildman–Crippen LogP) is 3.13. The number of imidazole rings is 1. The van der Waals surface area contributed by atoms with Crippen LogP contribution in [0.15, 0.2) is 48.5 Å². The molecule has 1 amide bonds. The molecule has 0 radical (unpaired) electrons. The quantitative estimate of drug-likeness (QED) is 0.571. The van der Waals surface area contributed by atoms with Crippen molar-refractivity contribution in [2.45, 2.75) is 19.5 Å². The molecule has 0 aliphatic carbocycles. The first-order valence-electron chi connectivity index (χ1n) is 7.96. The molecule has 4 rings (SSSR count). The van der Waals surface area contributed by atoms with E-state index < -0.39 is 0 Å². The first kappa shape index (κ1) is 16.7. The van der Waals surface area contributed by atoms with Crippen molar-refractivity contribution in [1.29, 1.82) is 0 Å². The molecule has 3 heterocycles. The summed E-state index contributed by atoms with van der Waals surface area (Å²) in [4.78, 5) is 21.9. The Morgan fingerprint density at radius 3 is 3.00 bits per heavy atom. The van der Waals surface area contributed by atoms with Crippen LogP contribution in [0, 0.1) is 0 Å². The Kier molecular flexibility index (Phi) is 4.44. The molecule has 7 nitrogen and oxygen atoms in total. The van der Waals surface area contributed by atoms with E-state index in [2.05, 4.69) is 20.4 Å². The molecule has 0 fully saturated rings. The smallest absolute Gasteiger partial charge is 0.269 e. The van der Waals surface area contributed by atoms with Gasteiger partial charge in [-0.15, -0.1) is 11.3 Å². The van der Waals surface area contributed by atoms with Crippen molar-refractivity contribution in [1.82, 2.24) is 29.5 Å². The van der Waals surface area contributed by atoms with Crippen molar-refractivity contribution in [3.05, 3.63) is 59.2 Å². The Labute approximate surface area is 158 Å². The van der Waals surface area contributed by atoms with Gasteiger partial charge in [-0.2, -0.15) is 5.10 Å². The standard InChI is InChI=1S/C17H15ClN6OS/c1-11(6-23-10-19-9-20-23)21-16(25)15-8-26-17-22-14(7-24(15)17)12-4-2-3-5-13(12)18/h2-5,7-11H,6H2,1H3,(H,21,25). The highest BCUT2D eigenvalue weighted by Crippen LogP contribution is 2.29. The number of hydrogen-bond donors (Lipinski definition) is 1. The highest BCUT2D eigenvalue weighted by Gasteiger charge is 2.18. The van der Waals surface area contributed by atoms with Crippen molar-refractivity contribution in [2.75, 3.05) is 0 Å². The van der Waals surface area contributed by atoms with Gasteiger partial charge >= 0.3 is 0 Å². The summed E-state index contributed by atoms with van der Waals surface area (Å²) in [5, 5.41) is 9.46. The maximum Gasteiger partial charge on any atom is 0.269 e. The summed E-state index contributed by atoms with van der Waals surface area (Å²) in [6, 6.07) is 7.43. The maximum atomic E-state index is 12.6. The molecule has 0 saturated carbocycles. The van der Waals surface area contributed by atoms with E-state index >= 15 is 0 Å². The van der Waals surface area contributed by atoms with Crippen LogP contribution in [-0.2, 0) is 6.54 Å². The molecule has 1 atom stereocenters. The summed E-state index contributed by atoms with van der Waals surface area (Å²) in [6.07, 6.45) is 4.93. The van der Waals surface area contributed by atoms with Gasteiger partial charge in [0.05, 0.1) is 17.3 Å². The van der Waals surface area contributed by atoms with Crippen LogP contribution in [0.1, 0.15) is 17.4 Å². The summed E-state index contributed by atoms with van der Waals surface area (Å²) in [5.41, 5.74) is 2.13. The lowest BCUT2D eigenvalue weighted by Crippen LogP contribution is -2.36. The molecule has 0 bridgehead atoms. The lowest BCUT2D eigenvalue weighted by Gasteiger charge is -2.13. The van der Waals surface area contributed by atoms with Crippen LogP contribution >= 0.6 is 22.9 Å². The second-order valence-electron chi connectivity index (χ2n) is 5.87. The molecular weight excluding hydrogens is 372 g/mol. The Morgan fingerprint density at radius 2 is 2.23 bits per heavy atom. The largest absolute Gasteiger partial charge is 0.346 e. The predicted molar refractivity (Wildman–Crippen MR) is 100 cm³/mol. The van der Waals surface area contributed by atoms with Gasteiger partial charge in [0.2, 0.25) is 0 Å². The van der Waals surface area contributed by atoms with E-state index in [1.165, 1.54) is 17.7 Å². The highest BCUT2D eigenvalue weighted by atomic mass is 35.5. The van der Waals surface area contributed by atoms with Crippen LogP contribution in [0.2, 0.25) is 5.02 Å². The molecule has 1 N–H and O–H groups in total. The molecule has 26 heavy (non-hydrogen) atoms. The van der Waals surface area contributed by atoms with E-state index in [9.17, 15) is 4.79 Å². The molecule has 0 aliphatic rings. The van der Waals surface area contributed by atoms with Crippen molar-refractivity contribution >= 4 is 33.8 Å². The number of carbonyl (C=O) groups is 1. The molecule has 0 saturated heterocycles. The van der Waals surface area contributed by atoms with Gasteiger partial charge in [0.25, 0.3) is 5.91 Å². The minimum absolute atomic E-state index is 0.0919. The Bertz CT molecular complexity index is 1050. The van der Waals surface area contributed by atoms with Crippen molar-refractivity contribution < 1.29 is 4.79 Å². The topological polar surface area (TPSA) is 77.1 Å². The molecule has 1 aromatic carbocycles. The number of halogens is 1. The Balaban J connectivity index is 1.57. The number of aromatic nitrogens is 5. The van der Waals surface area contributed by atoms with E-state index in [-0.39, 0.29) is 11.9 Å². The van der Waals surface area contributed by atoms with E-state index in [1.807, 2.05) is 37.4 Å². The number of benzene rings is 1. The lowest BCUT2D eigenvalue weighted by molar-refractivity contribution is 0.0930. The highest BCUT2D eigenvalue weighted by molar-refractivity contribution is 7.15. The second kappa shape index (κ2) is 6.89. The molecule has 132 valence electrons. The Morgan fingerprint density at radius 1 is 1.38 bits per heavy atom. The number of thiazole rings is 1. The van der Waals surface area contributed by atoms with Gasteiger partial charge in [0, 0.05) is 23.2 Å². The lowest BCUT2D eigenvalue weighted by atomic mass is 10.2. The SMILES string of the molecule is CC(Cn1cncn1)NC(=O)c1csc2nc(-c3ccccc3Cl)cn12. The van der Waals surface area contributed by atoms with Crippen LogP contribution in [0.25, 0.3) is 16.2 Å². The average molecular weight is 387 g/mol. The van der Waals surface area contributed by atoms with E-state index in [0.29, 0.717) is 17.3 Å². The number of nitrogens with one attached hydrogen (secondary N) is 1. The Hall–Kier alpha value is -2.71. The number of rotatable bonds is 5. The van der Waals surface area contributed by atoms with E-state index in [1.54, 1.807) is 20.8 Å². The normalized spacial score (nSPS) is 12.4. The zero-order valence-corrected chi connectivity index (χ0v) is 15.4. The summed E-state index contributed by atoms with van der Waals surface area (Å²) in [7, 11) is 0. The van der Waals surface area contributed by atoms with Gasteiger partial charge in [0.15, 0.2) is 4.96 Å². The molecule has 1 unspecified atom stereocenters. The van der Waals surface area contributed by atoms with Crippen LogP contribution < -0.4 is 5.32 Å². The van der Waals surface area contributed by atoms with Crippen molar-refractivity contribution in [3.63, 3.8) is 0 Å². The number of nitrogens with zero attached hydrogens (tertiary/aromatic N) is 5. The minimum atomic E-state index is -0.160. The number of hydrogen-bond acceptors (Lipinski definition) is 5. The van der Waals surface area contributed by atoms with Crippen LogP contribution in [0.4, 0.5) is 0 Å². The van der Waals surface area contributed by atoms with Crippen molar-refractivity contribution in [2.24, 2.45) is 0 Å². The fourth-order valence-corrected chi connectivity index (χ4v) is 3.78. The van der Waals surface area contributed by atoms with Gasteiger partial charge < -0.3 is 5.32 Å². The summed E-state index contributed by atoms with van der Waals surface area (Å²) in [6.45, 7) is 2.47. The van der Waals surface area contributed by atoms with Gasteiger partial charge in [-0.3, -0.25) is 13.9 Å². The summed E-state index contributed by atoms with van der Waals surface area (Å²) < 4.78 is 3.47. The zero-order chi connectivity index (χ0) is 18.1. The first-order valence-corrected chi connectivity index (χ1v) is 9.22. The molecule has 0 spiro atoms. The number of fused-ring (bicyclic) bond motifs is 1. The molecule has 9 heteroatoms. The summed E-state index contributed by atoms with van der Waals surface area (Å²) in [5.74, 6) is -0.160. The van der Waals surface area contributed by atoms with Crippen molar-refractivity contribution in [3.8, 4) is 11.3 Å². The first-order chi connectivity index (χ1) is 12.6. The number of amides is 1. The van der Waals surface area contributed by atoms with E-state index in [0.717, 1.165) is 16.2 Å². The molecular formula is C17H15ClN6OS. The van der Waals surface area contributed by atoms with Gasteiger partial charge in [-0.05, 0) is 13.0 Å². The second-order valence-corrected chi connectivity index (χ2v) is 7.12. The zero-order valence-electron chi connectivity index (χ0n) is 13.8. The third-order valence-electron chi connectivity index (χ3n) is 3.90. The third kappa shape index (κ3) is 3.21. The van der Waals surface area contributed by atoms with Gasteiger partial charge in [-0.25, -0.2) is 9.97 Å². The minimum Gasteiger partial charge on any atom is -0.346 e. The van der Waals surface area contributed by atoms with E-state index in [4.69, 9.17) is 11.6 Å². The van der Waals surface area contributed by atoms with Crippen LogP contribution in [0.5, 0.6) is 0 Å². The van der Waals surface area contributed by atoms with Gasteiger partial charge in [0.1, 0.15) is 18.3 Å².